The molecule has 0 spiro atoms. The van der Waals surface area contributed by atoms with E-state index in [0.29, 0.717) is 24.3 Å². The van der Waals surface area contributed by atoms with Crippen LogP contribution in [0.4, 0.5) is 15.0 Å². The number of aromatic nitrogens is 3. The summed E-state index contributed by atoms with van der Waals surface area (Å²) in [5.41, 5.74) is -1.31. The number of piperazine rings is 1. The monoisotopic (exact) mass is 483 g/mol. The summed E-state index contributed by atoms with van der Waals surface area (Å²) in [5.74, 6) is -0.233. The van der Waals surface area contributed by atoms with E-state index in [2.05, 4.69) is 40.6 Å². The lowest BCUT2D eigenvalue weighted by Crippen LogP contribution is -2.68. The van der Waals surface area contributed by atoms with E-state index < -0.39 is 17.0 Å². The molecule has 2 fully saturated rings. The largest absolute Gasteiger partial charge is 0.444 e. The molecule has 2 saturated heterocycles. The van der Waals surface area contributed by atoms with Gasteiger partial charge in [0.2, 0.25) is 5.28 Å². The predicted molar refractivity (Wildman–Crippen MR) is 123 cm³/mol. The van der Waals surface area contributed by atoms with Gasteiger partial charge in [0.05, 0.1) is 17.0 Å². The molecule has 2 aliphatic rings. The van der Waals surface area contributed by atoms with Gasteiger partial charge in [-0.1, -0.05) is 32.4 Å². The van der Waals surface area contributed by atoms with Gasteiger partial charge in [-0.2, -0.15) is 4.98 Å². The zero-order valence-corrected chi connectivity index (χ0v) is 20.7. The fraction of sp³-hybridized carbons (Fsp3) is 0.636. The normalized spacial score (nSPS) is 23.7. The third-order valence-corrected chi connectivity index (χ3v) is 6.91. The first kappa shape index (κ1) is 23.2. The molecule has 1 amide bonds. The lowest BCUT2D eigenvalue weighted by Gasteiger charge is -2.55. The molecule has 0 aliphatic carbocycles. The van der Waals surface area contributed by atoms with Crippen LogP contribution >= 0.6 is 23.2 Å². The number of carbonyl (C=O) groups excluding carboxylic acids is 1. The maximum atomic E-state index is 14.6. The number of halogens is 3. The smallest absolute Gasteiger partial charge is 0.411 e. The fourth-order valence-corrected chi connectivity index (χ4v) is 5.27. The molecule has 2 atom stereocenters. The molecule has 0 N–H and O–H groups in total. The van der Waals surface area contributed by atoms with Gasteiger partial charge in [0.25, 0.3) is 0 Å². The summed E-state index contributed by atoms with van der Waals surface area (Å²) < 4.78 is 20.4. The van der Waals surface area contributed by atoms with Gasteiger partial charge in [-0.15, -0.1) is 0 Å². The van der Waals surface area contributed by atoms with Crippen LogP contribution < -0.4 is 4.90 Å². The van der Waals surface area contributed by atoms with Crippen LogP contribution in [0.15, 0.2) is 6.20 Å². The first-order valence-corrected chi connectivity index (χ1v) is 11.4. The Labute approximate surface area is 197 Å². The molecule has 0 radical (unpaired) electrons. The minimum Gasteiger partial charge on any atom is -0.444 e. The van der Waals surface area contributed by atoms with Gasteiger partial charge in [-0.25, -0.2) is 19.2 Å². The number of hydrogen-bond donors (Lipinski definition) is 0. The molecule has 2 bridgehead atoms. The molecule has 2 aliphatic heterocycles. The SMILES string of the molecule is CC(C)(C)OC(=O)N1[C@H]2CC[C@@]1(C(C)(C)C)CN(c1nc(Cl)nc3c(F)c(Cl)ncc13)C2. The van der Waals surface area contributed by atoms with Crippen LogP contribution in [0.1, 0.15) is 54.4 Å². The molecular formula is C22H28Cl2FN5O2. The van der Waals surface area contributed by atoms with Crippen LogP contribution in [0.25, 0.3) is 10.9 Å². The Morgan fingerprint density at radius 1 is 1.22 bits per heavy atom. The summed E-state index contributed by atoms with van der Waals surface area (Å²) in [6.45, 7) is 13.0. The lowest BCUT2D eigenvalue weighted by molar-refractivity contribution is -0.0368. The predicted octanol–water partition coefficient (Wildman–Crippen LogP) is 5.48. The third-order valence-electron chi connectivity index (χ3n) is 6.48. The van der Waals surface area contributed by atoms with Gasteiger partial charge in [0, 0.05) is 19.3 Å². The van der Waals surface area contributed by atoms with Crippen LogP contribution in [0, 0.1) is 11.2 Å². The second kappa shape index (κ2) is 7.55. The summed E-state index contributed by atoms with van der Waals surface area (Å²) in [5, 5.41) is 0.102. The van der Waals surface area contributed by atoms with Crippen LogP contribution in [0.2, 0.25) is 10.4 Å². The molecule has 7 nitrogen and oxygen atoms in total. The average Bonchev–Trinajstić information content (AvgIpc) is 2.91. The van der Waals surface area contributed by atoms with Crippen LogP contribution in [-0.2, 0) is 4.74 Å². The minimum atomic E-state index is -0.726. The fourth-order valence-electron chi connectivity index (χ4n) is 4.97. The standard InChI is InChI=1S/C22H28Cl2FN5O2/c1-20(2,3)22-8-7-12(30(22)19(31)32-21(4,5)6)10-29(11-22)17-13-9-26-16(23)14(25)15(13)27-18(24)28-17/h9,12H,7-8,10-11H2,1-6H3/t12-,22-/m0/s1. The molecule has 0 aromatic carbocycles. The zero-order chi connectivity index (χ0) is 23.6. The van der Waals surface area contributed by atoms with Crippen molar-refractivity contribution in [3.05, 3.63) is 22.5 Å². The number of carbonyl (C=O) groups is 1. The average molecular weight is 484 g/mol. The lowest BCUT2D eigenvalue weighted by atomic mass is 9.71. The quantitative estimate of drug-likeness (QED) is 0.395. The Morgan fingerprint density at radius 2 is 1.91 bits per heavy atom. The van der Waals surface area contributed by atoms with Crippen molar-refractivity contribution in [1.82, 2.24) is 19.9 Å². The molecule has 32 heavy (non-hydrogen) atoms. The van der Waals surface area contributed by atoms with E-state index in [4.69, 9.17) is 27.9 Å². The highest BCUT2D eigenvalue weighted by Gasteiger charge is 2.60. The number of nitrogens with zero attached hydrogens (tertiary/aromatic N) is 5. The third kappa shape index (κ3) is 3.75. The maximum Gasteiger partial charge on any atom is 0.411 e. The van der Waals surface area contributed by atoms with Crippen LogP contribution in [0.3, 0.4) is 0 Å². The number of anilines is 1. The van der Waals surface area contributed by atoms with Gasteiger partial charge >= 0.3 is 6.09 Å². The molecule has 10 heteroatoms. The van der Waals surface area contributed by atoms with Gasteiger partial charge in [-0.05, 0) is 50.6 Å². The number of ether oxygens (including phenoxy) is 1. The van der Waals surface area contributed by atoms with E-state index in [0.717, 1.165) is 12.8 Å². The van der Waals surface area contributed by atoms with Crippen LogP contribution in [0.5, 0.6) is 0 Å². The van der Waals surface area contributed by atoms with Gasteiger partial charge in [0.15, 0.2) is 11.0 Å². The number of pyridine rings is 1. The molecular weight excluding hydrogens is 456 g/mol. The van der Waals surface area contributed by atoms with E-state index in [1.54, 1.807) is 0 Å². The maximum absolute atomic E-state index is 14.6. The molecule has 2 aromatic rings. The van der Waals surface area contributed by atoms with Crippen molar-refractivity contribution in [3.63, 3.8) is 0 Å². The molecule has 4 rings (SSSR count). The second-order valence-corrected chi connectivity index (χ2v) is 11.3. The second-order valence-electron chi connectivity index (χ2n) is 10.6. The molecule has 174 valence electrons. The Morgan fingerprint density at radius 3 is 2.53 bits per heavy atom. The van der Waals surface area contributed by atoms with Crippen molar-refractivity contribution in [3.8, 4) is 0 Å². The van der Waals surface area contributed by atoms with Gasteiger partial charge in [-0.3, -0.25) is 4.90 Å². The number of hydrogen-bond acceptors (Lipinski definition) is 6. The number of amides is 1. The topological polar surface area (TPSA) is 71.5 Å². The summed E-state index contributed by atoms with van der Waals surface area (Å²) >= 11 is 12.0. The van der Waals surface area contributed by atoms with Gasteiger partial charge in [0.1, 0.15) is 16.9 Å². The first-order chi connectivity index (χ1) is 14.7. The Hall–Kier alpha value is -1.93. The van der Waals surface area contributed by atoms with Crippen molar-refractivity contribution >= 4 is 46.0 Å². The van der Waals surface area contributed by atoms with E-state index >= 15 is 0 Å². The zero-order valence-electron chi connectivity index (χ0n) is 19.2. The Bertz CT molecular complexity index is 1080. The van der Waals surface area contributed by atoms with Crippen molar-refractivity contribution in [2.75, 3.05) is 18.0 Å². The molecule has 2 aromatic heterocycles. The Balaban J connectivity index is 1.80. The summed E-state index contributed by atoms with van der Waals surface area (Å²) in [6.07, 6.45) is 2.83. The highest BCUT2D eigenvalue weighted by atomic mass is 35.5. The minimum absolute atomic E-state index is 0.0340. The molecule has 0 saturated carbocycles. The summed E-state index contributed by atoms with van der Waals surface area (Å²) in [6, 6.07) is -0.0771. The number of fused-ring (bicyclic) bond motifs is 3. The van der Waals surface area contributed by atoms with Crippen molar-refractivity contribution in [1.29, 1.82) is 0 Å². The summed E-state index contributed by atoms with van der Waals surface area (Å²) in [4.78, 5) is 29.7. The molecule has 4 heterocycles. The van der Waals surface area contributed by atoms with Crippen molar-refractivity contribution in [2.24, 2.45) is 5.41 Å². The van der Waals surface area contributed by atoms with Crippen molar-refractivity contribution in [2.45, 2.75) is 71.6 Å². The van der Waals surface area contributed by atoms with E-state index in [-0.39, 0.29) is 33.5 Å². The van der Waals surface area contributed by atoms with E-state index in [1.165, 1.54) is 6.20 Å². The highest BCUT2D eigenvalue weighted by Crippen LogP contribution is 2.51. The van der Waals surface area contributed by atoms with Gasteiger partial charge < -0.3 is 9.64 Å². The number of rotatable bonds is 1. The van der Waals surface area contributed by atoms with Crippen molar-refractivity contribution < 1.29 is 13.9 Å². The highest BCUT2D eigenvalue weighted by molar-refractivity contribution is 6.30. The Kier molecular flexibility index (Phi) is 5.48. The van der Waals surface area contributed by atoms with Crippen LogP contribution in [-0.4, -0.2) is 56.2 Å². The van der Waals surface area contributed by atoms with E-state index in [9.17, 15) is 9.18 Å². The first-order valence-electron chi connectivity index (χ1n) is 10.7. The summed E-state index contributed by atoms with van der Waals surface area (Å²) in [7, 11) is 0. The van der Waals surface area contributed by atoms with E-state index in [1.807, 2.05) is 25.7 Å². The molecule has 0 unspecified atom stereocenters.